The Labute approximate surface area is 104 Å². The standard InChI is InChI=1S/C13H13N3O2/c1-8-7-10-11(14)16(9-5-3-2-4-6-9)13(17)15-12(10)18-8/h2-6,8H,7,14H2,1H3/t8-/m1/s1. The van der Waals surface area contributed by atoms with Gasteiger partial charge in [-0.1, -0.05) is 18.2 Å². The molecule has 2 N–H and O–H groups in total. The Hall–Kier alpha value is -2.30. The third-order valence-electron chi connectivity index (χ3n) is 3.02. The van der Waals surface area contributed by atoms with Crippen LogP contribution in [0, 0.1) is 0 Å². The summed E-state index contributed by atoms with van der Waals surface area (Å²) in [5.74, 6) is 0.790. The first kappa shape index (κ1) is 10.8. The van der Waals surface area contributed by atoms with E-state index in [0.717, 1.165) is 11.3 Å². The molecule has 2 aromatic rings. The third-order valence-corrected chi connectivity index (χ3v) is 3.02. The highest BCUT2D eigenvalue weighted by molar-refractivity contribution is 5.53. The topological polar surface area (TPSA) is 70.1 Å². The summed E-state index contributed by atoms with van der Waals surface area (Å²) in [5, 5.41) is 0. The average Bonchev–Trinajstić information content (AvgIpc) is 2.71. The molecule has 1 atom stereocenters. The molecule has 1 aromatic carbocycles. The summed E-state index contributed by atoms with van der Waals surface area (Å²) >= 11 is 0. The second kappa shape index (κ2) is 3.87. The number of ether oxygens (including phenoxy) is 1. The van der Waals surface area contributed by atoms with E-state index in [1.165, 1.54) is 4.57 Å². The molecular weight excluding hydrogens is 230 g/mol. The van der Waals surface area contributed by atoms with Crippen LogP contribution in [-0.4, -0.2) is 15.7 Å². The molecule has 1 aliphatic rings. The summed E-state index contributed by atoms with van der Waals surface area (Å²) in [6.45, 7) is 1.93. The average molecular weight is 243 g/mol. The van der Waals surface area contributed by atoms with Gasteiger partial charge in [0.1, 0.15) is 11.9 Å². The van der Waals surface area contributed by atoms with Crippen LogP contribution in [0.5, 0.6) is 5.88 Å². The molecule has 1 aromatic heterocycles. The number of hydrogen-bond acceptors (Lipinski definition) is 4. The fraction of sp³-hybridized carbons (Fsp3) is 0.231. The van der Waals surface area contributed by atoms with Crippen molar-refractivity contribution in [1.82, 2.24) is 9.55 Å². The van der Waals surface area contributed by atoms with E-state index in [4.69, 9.17) is 10.5 Å². The van der Waals surface area contributed by atoms with Gasteiger partial charge >= 0.3 is 5.69 Å². The summed E-state index contributed by atoms with van der Waals surface area (Å²) < 4.78 is 6.87. The van der Waals surface area contributed by atoms with Crippen LogP contribution >= 0.6 is 0 Å². The predicted octanol–water partition coefficient (Wildman–Crippen LogP) is 1.14. The molecule has 0 bridgehead atoms. The number of hydrogen-bond donors (Lipinski definition) is 1. The fourth-order valence-corrected chi connectivity index (χ4v) is 2.19. The lowest BCUT2D eigenvalue weighted by Gasteiger charge is -2.10. The van der Waals surface area contributed by atoms with E-state index in [2.05, 4.69) is 4.98 Å². The highest BCUT2D eigenvalue weighted by atomic mass is 16.5. The maximum absolute atomic E-state index is 12.0. The van der Waals surface area contributed by atoms with Crippen molar-refractivity contribution < 1.29 is 4.74 Å². The van der Waals surface area contributed by atoms with Crippen molar-refractivity contribution in [1.29, 1.82) is 0 Å². The summed E-state index contributed by atoms with van der Waals surface area (Å²) in [5.41, 5.74) is 7.19. The molecular formula is C13H13N3O2. The summed E-state index contributed by atoms with van der Waals surface area (Å²) in [6.07, 6.45) is 0.696. The maximum Gasteiger partial charge on any atom is 0.357 e. The van der Waals surface area contributed by atoms with Gasteiger partial charge in [-0.25, -0.2) is 9.36 Å². The first-order valence-corrected chi connectivity index (χ1v) is 5.80. The molecule has 0 spiro atoms. The summed E-state index contributed by atoms with van der Waals surface area (Å²) in [6, 6.07) is 9.24. The number of fused-ring (bicyclic) bond motifs is 1. The third kappa shape index (κ3) is 1.55. The monoisotopic (exact) mass is 243 g/mol. The fourth-order valence-electron chi connectivity index (χ4n) is 2.19. The van der Waals surface area contributed by atoms with Gasteiger partial charge in [0, 0.05) is 6.42 Å². The van der Waals surface area contributed by atoms with Crippen molar-refractivity contribution in [2.24, 2.45) is 0 Å². The zero-order valence-electron chi connectivity index (χ0n) is 9.96. The van der Waals surface area contributed by atoms with Gasteiger partial charge in [0.25, 0.3) is 0 Å². The Bertz CT molecular complexity index is 649. The number of rotatable bonds is 1. The summed E-state index contributed by atoms with van der Waals surface area (Å²) in [7, 11) is 0. The van der Waals surface area contributed by atoms with Crippen LogP contribution in [0.2, 0.25) is 0 Å². The molecule has 0 radical (unpaired) electrons. The highest BCUT2D eigenvalue weighted by Gasteiger charge is 2.26. The van der Waals surface area contributed by atoms with Gasteiger partial charge in [0.15, 0.2) is 0 Å². The van der Waals surface area contributed by atoms with Crippen molar-refractivity contribution in [3.63, 3.8) is 0 Å². The maximum atomic E-state index is 12.0. The minimum absolute atomic E-state index is 0.0147. The van der Waals surface area contributed by atoms with Gasteiger partial charge in [0.2, 0.25) is 5.88 Å². The van der Waals surface area contributed by atoms with Gasteiger partial charge in [-0.15, -0.1) is 0 Å². The smallest absolute Gasteiger partial charge is 0.357 e. The Morgan fingerprint density at radius 2 is 2.11 bits per heavy atom. The van der Waals surface area contributed by atoms with Crippen molar-refractivity contribution in [2.45, 2.75) is 19.4 Å². The molecule has 0 aliphatic carbocycles. The quantitative estimate of drug-likeness (QED) is 0.815. The Kier molecular flexibility index (Phi) is 2.33. The second-order valence-corrected chi connectivity index (χ2v) is 4.37. The number of para-hydroxylation sites is 1. The molecule has 18 heavy (non-hydrogen) atoms. The lowest BCUT2D eigenvalue weighted by atomic mass is 10.2. The van der Waals surface area contributed by atoms with E-state index in [1.54, 1.807) is 0 Å². The highest BCUT2D eigenvalue weighted by Crippen LogP contribution is 2.30. The number of nitrogens with two attached hydrogens (primary N) is 1. The van der Waals surface area contributed by atoms with Crippen LogP contribution in [0.15, 0.2) is 35.1 Å². The number of nitrogens with zero attached hydrogens (tertiary/aromatic N) is 2. The zero-order chi connectivity index (χ0) is 12.7. The minimum atomic E-state index is -0.411. The van der Waals surface area contributed by atoms with Gasteiger partial charge in [-0.05, 0) is 19.1 Å². The van der Waals surface area contributed by atoms with Gasteiger partial charge in [-0.3, -0.25) is 0 Å². The molecule has 1 aliphatic heterocycles. The number of nitrogen functional groups attached to an aromatic ring is 1. The molecule has 5 nitrogen and oxygen atoms in total. The van der Waals surface area contributed by atoms with Crippen molar-refractivity contribution in [3.05, 3.63) is 46.4 Å². The zero-order valence-corrected chi connectivity index (χ0v) is 9.96. The second-order valence-electron chi connectivity index (χ2n) is 4.37. The normalized spacial score (nSPS) is 17.3. The van der Waals surface area contributed by atoms with E-state index in [0.29, 0.717) is 18.1 Å². The van der Waals surface area contributed by atoms with Crippen LogP contribution in [0.25, 0.3) is 5.69 Å². The van der Waals surface area contributed by atoms with E-state index in [1.807, 2.05) is 37.3 Å². The minimum Gasteiger partial charge on any atom is -0.474 e. The Balaban J connectivity index is 2.24. The van der Waals surface area contributed by atoms with E-state index < -0.39 is 5.69 Å². The van der Waals surface area contributed by atoms with E-state index >= 15 is 0 Å². The Morgan fingerprint density at radius 3 is 2.83 bits per heavy atom. The van der Waals surface area contributed by atoms with Crippen LogP contribution in [0.3, 0.4) is 0 Å². The molecule has 0 saturated heterocycles. The molecule has 0 saturated carbocycles. The molecule has 5 heteroatoms. The molecule has 0 unspecified atom stereocenters. The lowest BCUT2D eigenvalue weighted by Crippen LogP contribution is -2.25. The largest absolute Gasteiger partial charge is 0.474 e. The van der Waals surface area contributed by atoms with Crippen molar-refractivity contribution in [3.8, 4) is 11.6 Å². The van der Waals surface area contributed by atoms with E-state index in [-0.39, 0.29) is 6.10 Å². The lowest BCUT2D eigenvalue weighted by molar-refractivity contribution is 0.245. The van der Waals surface area contributed by atoms with Crippen LogP contribution in [0.1, 0.15) is 12.5 Å². The predicted molar refractivity (Wildman–Crippen MR) is 68.0 cm³/mol. The molecule has 0 fully saturated rings. The first-order chi connectivity index (χ1) is 8.66. The van der Waals surface area contributed by atoms with Crippen molar-refractivity contribution >= 4 is 5.82 Å². The molecule has 0 amide bonds. The van der Waals surface area contributed by atoms with Gasteiger partial charge < -0.3 is 10.5 Å². The molecule has 3 rings (SSSR count). The van der Waals surface area contributed by atoms with E-state index in [9.17, 15) is 4.79 Å². The van der Waals surface area contributed by atoms with Crippen LogP contribution in [0.4, 0.5) is 5.82 Å². The van der Waals surface area contributed by atoms with Gasteiger partial charge in [-0.2, -0.15) is 4.98 Å². The number of anilines is 1. The van der Waals surface area contributed by atoms with Crippen LogP contribution < -0.4 is 16.2 Å². The first-order valence-electron chi connectivity index (χ1n) is 5.80. The molecule has 92 valence electrons. The number of aromatic nitrogens is 2. The Morgan fingerprint density at radius 1 is 1.39 bits per heavy atom. The summed E-state index contributed by atoms with van der Waals surface area (Å²) in [4.78, 5) is 15.9. The van der Waals surface area contributed by atoms with Gasteiger partial charge in [0.05, 0.1) is 11.3 Å². The number of benzene rings is 1. The van der Waals surface area contributed by atoms with Crippen LogP contribution in [-0.2, 0) is 6.42 Å². The van der Waals surface area contributed by atoms with Crippen molar-refractivity contribution in [2.75, 3.05) is 5.73 Å². The molecule has 2 heterocycles. The SMILES string of the molecule is C[C@@H]1Cc2c(nc(=O)n(-c3ccccc3)c2N)O1.